The average molecular weight is 578 g/mol. The van der Waals surface area contributed by atoms with E-state index in [0.717, 1.165) is 22.4 Å². The summed E-state index contributed by atoms with van der Waals surface area (Å²) in [5.41, 5.74) is 9.50. The fraction of sp³-hybridized carbons (Fsp3) is 0.138. The lowest BCUT2D eigenvalue weighted by molar-refractivity contribution is -0.135. The summed E-state index contributed by atoms with van der Waals surface area (Å²) in [5, 5.41) is 14.6. The molecule has 0 aromatic heterocycles. The summed E-state index contributed by atoms with van der Waals surface area (Å²) in [6.45, 7) is 0.307. The Hall–Kier alpha value is -4.31. The molecule has 0 fully saturated rings. The van der Waals surface area contributed by atoms with Crippen LogP contribution in [-0.2, 0) is 16.0 Å². The van der Waals surface area contributed by atoms with Crippen molar-refractivity contribution in [1.82, 2.24) is 15.9 Å². The number of aromatic carboxylic acids is 1. The summed E-state index contributed by atoms with van der Waals surface area (Å²) in [6.07, 6.45) is 4.02. The van der Waals surface area contributed by atoms with Crippen LogP contribution < -0.4 is 21.3 Å². The van der Waals surface area contributed by atoms with Crippen molar-refractivity contribution in [2.24, 2.45) is 0 Å². The molecule has 0 aliphatic carbocycles. The molecule has 0 radical (unpaired) electrons. The Bertz CT molecular complexity index is 1510. The molecule has 2 amide bonds. The van der Waals surface area contributed by atoms with E-state index in [1.807, 2.05) is 36.4 Å². The first kappa shape index (κ1) is 27.3. The number of hydrogen-bond donors (Lipinski definition) is 4. The molecule has 3 aromatic rings. The third-order valence-corrected chi connectivity index (χ3v) is 7.08. The van der Waals surface area contributed by atoms with E-state index in [1.165, 1.54) is 24.3 Å². The SMILES string of the molecule is O=C(O)c1ccc(NC(=O)[C@H](Cc2ccccc2)N2CCC(c3cc(Cl)ccc3N3C=C(Cl)NN3)=CC2=O)cc1. The highest BCUT2D eigenvalue weighted by molar-refractivity contribution is 6.31. The summed E-state index contributed by atoms with van der Waals surface area (Å²) in [6, 6.07) is 19.9. The second-order valence-corrected chi connectivity index (χ2v) is 10.1. The molecule has 1 atom stereocenters. The molecule has 0 saturated heterocycles. The Morgan fingerprint density at radius 1 is 1.02 bits per heavy atom. The number of hydrazine groups is 2. The minimum atomic E-state index is -1.06. The fourth-order valence-electron chi connectivity index (χ4n) is 4.68. The highest BCUT2D eigenvalue weighted by Gasteiger charge is 2.33. The molecule has 0 spiro atoms. The van der Waals surface area contributed by atoms with Gasteiger partial charge in [0, 0.05) is 35.3 Å². The first-order valence-corrected chi connectivity index (χ1v) is 13.2. The van der Waals surface area contributed by atoms with Crippen molar-refractivity contribution < 1.29 is 19.5 Å². The van der Waals surface area contributed by atoms with Crippen LogP contribution in [0.4, 0.5) is 11.4 Å². The molecular formula is C29H25Cl2N5O4. The molecule has 2 aliphatic heterocycles. The topological polar surface area (TPSA) is 114 Å². The Kier molecular flexibility index (Phi) is 8.06. The van der Waals surface area contributed by atoms with Crippen molar-refractivity contribution in [2.75, 3.05) is 16.9 Å². The molecular weight excluding hydrogens is 553 g/mol. The maximum atomic E-state index is 13.6. The molecule has 11 heteroatoms. The fourth-order valence-corrected chi connectivity index (χ4v) is 4.99. The van der Waals surface area contributed by atoms with Crippen molar-refractivity contribution in [3.05, 3.63) is 112 Å². The first-order chi connectivity index (χ1) is 19.3. The summed E-state index contributed by atoms with van der Waals surface area (Å²) >= 11 is 12.4. The predicted octanol–water partition coefficient (Wildman–Crippen LogP) is 4.77. The van der Waals surface area contributed by atoms with Gasteiger partial charge >= 0.3 is 5.97 Å². The van der Waals surface area contributed by atoms with Crippen LogP contribution in [0.2, 0.25) is 5.02 Å². The third-order valence-electron chi connectivity index (χ3n) is 6.66. The van der Waals surface area contributed by atoms with Gasteiger partial charge in [0.25, 0.3) is 0 Å². The lowest BCUT2D eigenvalue weighted by Crippen LogP contribution is -2.49. The number of hydrogen-bond acceptors (Lipinski definition) is 6. The van der Waals surface area contributed by atoms with Crippen LogP contribution in [0.3, 0.4) is 0 Å². The van der Waals surface area contributed by atoms with Gasteiger partial charge in [-0.15, -0.1) is 5.53 Å². The van der Waals surface area contributed by atoms with Crippen molar-refractivity contribution >= 4 is 57.9 Å². The molecule has 40 heavy (non-hydrogen) atoms. The lowest BCUT2D eigenvalue weighted by Gasteiger charge is -2.34. The molecule has 0 saturated carbocycles. The summed E-state index contributed by atoms with van der Waals surface area (Å²) in [5.74, 6) is -1.72. The Morgan fingerprint density at radius 3 is 2.42 bits per heavy atom. The van der Waals surface area contributed by atoms with Crippen molar-refractivity contribution in [3.8, 4) is 0 Å². The zero-order chi connectivity index (χ0) is 28.2. The highest BCUT2D eigenvalue weighted by atomic mass is 35.5. The van der Waals surface area contributed by atoms with Crippen LogP contribution in [0.15, 0.2) is 90.2 Å². The number of nitrogens with zero attached hydrogens (tertiary/aromatic N) is 2. The van der Waals surface area contributed by atoms with Gasteiger partial charge in [-0.3, -0.25) is 20.0 Å². The number of carbonyl (C=O) groups excluding carboxylic acids is 2. The zero-order valence-electron chi connectivity index (χ0n) is 21.1. The van der Waals surface area contributed by atoms with Gasteiger partial charge in [-0.05, 0) is 60.0 Å². The van der Waals surface area contributed by atoms with Crippen LogP contribution in [0, 0.1) is 0 Å². The van der Waals surface area contributed by atoms with E-state index in [9.17, 15) is 14.4 Å². The summed E-state index contributed by atoms with van der Waals surface area (Å²) in [4.78, 5) is 39.8. The largest absolute Gasteiger partial charge is 0.478 e. The van der Waals surface area contributed by atoms with E-state index in [1.54, 1.807) is 34.3 Å². The van der Waals surface area contributed by atoms with Gasteiger partial charge in [-0.25, -0.2) is 4.79 Å². The standard InChI is InChI=1S/C29H25Cl2N5O4/c30-21-8-11-24(36-17-26(31)33-34-36)23(16-21)20-12-13-35(27(37)15-20)25(14-18-4-2-1-3-5-18)28(38)32-22-9-6-19(7-10-22)29(39)40/h1-11,15-17,25,33-34H,12-14H2,(H,32,38)(H,39,40)/t25-/m0/s1. The average Bonchev–Trinajstić information content (AvgIpc) is 3.38. The maximum absolute atomic E-state index is 13.6. The number of anilines is 2. The second-order valence-electron chi connectivity index (χ2n) is 9.27. The molecule has 204 valence electrons. The number of amides is 2. The quantitative estimate of drug-likeness (QED) is 0.285. The number of nitrogens with one attached hydrogen (secondary N) is 3. The minimum Gasteiger partial charge on any atom is -0.478 e. The number of carbonyl (C=O) groups is 3. The van der Waals surface area contributed by atoms with Crippen LogP contribution in [-0.4, -0.2) is 40.4 Å². The monoisotopic (exact) mass is 577 g/mol. The van der Waals surface area contributed by atoms with Gasteiger partial charge < -0.3 is 15.3 Å². The predicted molar refractivity (Wildman–Crippen MR) is 154 cm³/mol. The van der Waals surface area contributed by atoms with Crippen LogP contribution >= 0.6 is 23.2 Å². The van der Waals surface area contributed by atoms with Gasteiger partial charge in [-0.1, -0.05) is 53.5 Å². The van der Waals surface area contributed by atoms with Crippen molar-refractivity contribution in [1.29, 1.82) is 0 Å². The van der Waals surface area contributed by atoms with Gasteiger partial charge in [0.05, 0.1) is 17.5 Å². The number of carboxylic acid groups (broad SMARTS) is 1. The smallest absolute Gasteiger partial charge is 0.335 e. The normalized spacial score (nSPS) is 15.7. The molecule has 9 nitrogen and oxygen atoms in total. The van der Waals surface area contributed by atoms with E-state index in [0.29, 0.717) is 35.3 Å². The number of carboxylic acids is 1. The van der Waals surface area contributed by atoms with E-state index in [4.69, 9.17) is 28.3 Å². The second kappa shape index (κ2) is 11.8. The number of benzene rings is 3. The third kappa shape index (κ3) is 6.12. The molecule has 0 bridgehead atoms. The molecule has 3 aromatic carbocycles. The van der Waals surface area contributed by atoms with Crippen molar-refractivity contribution in [3.63, 3.8) is 0 Å². The Labute approximate surface area is 240 Å². The van der Waals surface area contributed by atoms with E-state index in [-0.39, 0.29) is 17.4 Å². The van der Waals surface area contributed by atoms with Crippen LogP contribution in [0.25, 0.3) is 5.57 Å². The zero-order valence-corrected chi connectivity index (χ0v) is 22.6. The van der Waals surface area contributed by atoms with E-state index >= 15 is 0 Å². The number of halogens is 2. The maximum Gasteiger partial charge on any atom is 0.335 e. The summed E-state index contributed by atoms with van der Waals surface area (Å²) in [7, 11) is 0. The molecule has 0 unspecified atom stereocenters. The minimum absolute atomic E-state index is 0.112. The Balaban J connectivity index is 1.42. The van der Waals surface area contributed by atoms with E-state index < -0.39 is 12.0 Å². The molecule has 2 heterocycles. The molecule has 4 N–H and O–H groups in total. The number of rotatable bonds is 8. The first-order valence-electron chi connectivity index (χ1n) is 12.5. The van der Waals surface area contributed by atoms with Gasteiger partial charge in [0.2, 0.25) is 11.8 Å². The molecule has 5 rings (SSSR count). The van der Waals surface area contributed by atoms with Gasteiger partial charge in [0.15, 0.2) is 0 Å². The van der Waals surface area contributed by atoms with Gasteiger partial charge in [-0.2, -0.15) is 0 Å². The Morgan fingerprint density at radius 2 is 1.77 bits per heavy atom. The van der Waals surface area contributed by atoms with Gasteiger partial charge in [0.1, 0.15) is 11.2 Å². The van der Waals surface area contributed by atoms with Crippen molar-refractivity contribution in [2.45, 2.75) is 18.9 Å². The van der Waals surface area contributed by atoms with Crippen LogP contribution in [0.5, 0.6) is 0 Å². The highest BCUT2D eigenvalue weighted by Crippen LogP contribution is 2.35. The summed E-state index contributed by atoms with van der Waals surface area (Å²) < 4.78 is 0. The van der Waals surface area contributed by atoms with E-state index in [2.05, 4.69) is 16.3 Å². The van der Waals surface area contributed by atoms with Crippen LogP contribution in [0.1, 0.15) is 27.9 Å². The molecule has 2 aliphatic rings. The lowest BCUT2D eigenvalue weighted by atomic mass is 9.95.